The molecule has 2 aliphatic rings. The van der Waals surface area contributed by atoms with E-state index in [1.807, 2.05) is 34.0 Å². The van der Waals surface area contributed by atoms with Gasteiger partial charge in [-0.3, -0.25) is 9.48 Å². The highest BCUT2D eigenvalue weighted by Crippen LogP contribution is 2.36. The van der Waals surface area contributed by atoms with Crippen molar-refractivity contribution in [1.82, 2.24) is 14.7 Å². The molecule has 120 valence electrons. The Bertz CT molecular complexity index is 665. The second-order valence-electron chi connectivity index (χ2n) is 6.93. The fourth-order valence-electron chi connectivity index (χ4n) is 4.09. The van der Waals surface area contributed by atoms with Gasteiger partial charge in [0, 0.05) is 19.3 Å². The van der Waals surface area contributed by atoms with Crippen LogP contribution in [0.1, 0.15) is 41.6 Å². The first-order chi connectivity index (χ1) is 11.3. The molecule has 0 radical (unpaired) electrons. The largest absolute Gasteiger partial charge is 0.338 e. The first-order valence-corrected chi connectivity index (χ1v) is 8.65. The van der Waals surface area contributed by atoms with Crippen LogP contribution in [0.5, 0.6) is 0 Å². The van der Waals surface area contributed by atoms with Gasteiger partial charge in [0.2, 0.25) is 0 Å². The number of fused-ring (bicyclic) bond motifs is 1. The van der Waals surface area contributed by atoms with Crippen molar-refractivity contribution in [3.63, 3.8) is 0 Å². The third kappa shape index (κ3) is 3.03. The average Bonchev–Trinajstić information content (AvgIpc) is 3.21. The molecule has 2 aromatic rings. The molecule has 4 nitrogen and oxygen atoms in total. The highest BCUT2D eigenvalue weighted by molar-refractivity contribution is 5.93. The molecule has 4 rings (SSSR count). The maximum atomic E-state index is 12.7. The van der Waals surface area contributed by atoms with Crippen molar-refractivity contribution in [3.8, 4) is 0 Å². The fourth-order valence-corrected chi connectivity index (χ4v) is 4.09. The summed E-state index contributed by atoms with van der Waals surface area (Å²) < 4.78 is 1.85. The van der Waals surface area contributed by atoms with Crippen LogP contribution in [0.4, 0.5) is 0 Å². The van der Waals surface area contributed by atoms with Crippen LogP contribution in [-0.4, -0.2) is 33.7 Å². The number of hydrogen-bond donors (Lipinski definition) is 0. The Morgan fingerprint density at radius 1 is 1.09 bits per heavy atom. The van der Waals surface area contributed by atoms with E-state index in [1.165, 1.54) is 31.2 Å². The zero-order chi connectivity index (χ0) is 15.6. The Labute approximate surface area is 137 Å². The molecule has 1 aliphatic carbocycles. The maximum absolute atomic E-state index is 12.7. The molecule has 1 amide bonds. The number of amides is 1. The minimum Gasteiger partial charge on any atom is -0.338 e. The van der Waals surface area contributed by atoms with Crippen LogP contribution in [-0.2, 0) is 6.54 Å². The van der Waals surface area contributed by atoms with Crippen LogP contribution in [0.3, 0.4) is 0 Å². The molecule has 1 aliphatic heterocycles. The van der Waals surface area contributed by atoms with Gasteiger partial charge in [-0.05, 0) is 30.2 Å². The molecule has 2 atom stereocenters. The Kier molecular flexibility index (Phi) is 3.90. The van der Waals surface area contributed by atoms with Crippen molar-refractivity contribution in [3.05, 3.63) is 53.9 Å². The molecule has 2 fully saturated rings. The van der Waals surface area contributed by atoms with Crippen LogP contribution >= 0.6 is 0 Å². The van der Waals surface area contributed by atoms with E-state index >= 15 is 0 Å². The van der Waals surface area contributed by atoms with Gasteiger partial charge < -0.3 is 4.90 Å². The molecule has 1 aromatic heterocycles. The predicted molar refractivity (Wildman–Crippen MR) is 89.1 cm³/mol. The van der Waals surface area contributed by atoms with Crippen LogP contribution in [0.2, 0.25) is 0 Å². The average molecular weight is 309 g/mol. The number of aromatic nitrogens is 2. The Morgan fingerprint density at radius 3 is 2.48 bits per heavy atom. The lowest BCUT2D eigenvalue weighted by Crippen LogP contribution is -2.28. The molecule has 0 spiro atoms. The van der Waals surface area contributed by atoms with Gasteiger partial charge >= 0.3 is 0 Å². The molecule has 1 saturated heterocycles. The molecule has 23 heavy (non-hydrogen) atoms. The lowest BCUT2D eigenvalue weighted by Gasteiger charge is -2.22. The summed E-state index contributed by atoms with van der Waals surface area (Å²) in [6.07, 6.45) is 8.85. The lowest BCUT2D eigenvalue weighted by atomic mass is 9.82. The van der Waals surface area contributed by atoms with E-state index in [2.05, 4.69) is 17.2 Å². The van der Waals surface area contributed by atoms with Crippen molar-refractivity contribution in [2.45, 2.75) is 32.2 Å². The van der Waals surface area contributed by atoms with Crippen LogP contribution < -0.4 is 0 Å². The highest BCUT2D eigenvalue weighted by Gasteiger charge is 2.36. The van der Waals surface area contributed by atoms with Crippen molar-refractivity contribution in [1.29, 1.82) is 0 Å². The van der Waals surface area contributed by atoms with E-state index in [9.17, 15) is 4.79 Å². The second-order valence-corrected chi connectivity index (χ2v) is 6.93. The third-order valence-electron chi connectivity index (χ3n) is 5.33. The van der Waals surface area contributed by atoms with Gasteiger partial charge in [-0.15, -0.1) is 0 Å². The first kappa shape index (κ1) is 14.5. The zero-order valence-electron chi connectivity index (χ0n) is 13.4. The summed E-state index contributed by atoms with van der Waals surface area (Å²) in [7, 11) is 0. The van der Waals surface area contributed by atoms with Gasteiger partial charge in [0.25, 0.3) is 5.91 Å². The molecule has 0 bridgehead atoms. The molecule has 0 N–H and O–H groups in total. The van der Waals surface area contributed by atoms with Gasteiger partial charge in [-0.2, -0.15) is 5.10 Å². The van der Waals surface area contributed by atoms with Gasteiger partial charge in [0.1, 0.15) is 0 Å². The van der Waals surface area contributed by atoms with E-state index in [4.69, 9.17) is 0 Å². The third-order valence-corrected chi connectivity index (χ3v) is 5.33. The molecule has 0 unspecified atom stereocenters. The topological polar surface area (TPSA) is 38.1 Å². The highest BCUT2D eigenvalue weighted by atomic mass is 16.2. The lowest BCUT2D eigenvalue weighted by molar-refractivity contribution is 0.0784. The van der Waals surface area contributed by atoms with E-state index in [0.29, 0.717) is 6.54 Å². The van der Waals surface area contributed by atoms with Gasteiger partial charge in [-0.1, -0.05) is 43.2 Å². The zero-order valence-corrected chi connectivity index (χ0v) is 13.4. The van der Waals surface area contributed by atoms with Crippen LogP contribution in [0.25, 0.3) is 0 Å². The minimum atomic E-state index is 0.152. The first-order valence-electron chi connectivity index (χ1n) is 8.65. The molecule has 2 heterocycles. The van der Waals surface area contributed by atoms with Crippen molar-refractivity contribution < 1.29 is 4.79 Å². The normalized spacial score (nSPS) is 23.7. The number of likely N-dealkylation sites (tertiary alicyclic amines) is 1. The molecular weight excluding hydrogens is 286 g/mol. The number of nitrogens with zero attached hydrogens (tertiary/aromatic N) is 3. The molecule has 1 saturated carbocycles. The quantitative estimate of drug-likeness (QED) is 0.873. The van der Waals surface area contributed by atoms with E-state index in [0.717, 1.165) is 30.5 Å². The Morgan fingerprint density at radius 2 is 1.78 bits per heavy atom. The van der Waals surface area contributed by atoms with E-state index in [1.54, 1.807) is 6.20 Å². The maximum Gasteiger partial charge on any atom is 0.257 e. The Hall–Kier alpha value is -2.10. The second kappa shape index (κ2) is 6.19. The molecule has 1 aromatic carbocycles. The number of benzene rings is 1. The van der Waals surface area contributed by atoms with E-state index in [-0.39, 0.29) is 5.91 Å². The number of hydrogen-bond acceptors (Lipinski definition) is 2. The fraction of sp³-hybridized carbons (Fsp3) is 0.474. The van der Waals surface area contributed by atoms with Crippen LogP contribution in [0.15, 0.2) is 42.7 Å². The van der Waals surface area contributed by atoms with E-state index < -0.39 is 0 Å². The van der Waals surface area contributed by atoms with Gasteiger partial charge in [-0.25, -0.2) is 0 Å². The SMILES string of the molecule is O=C(c1cnn(Cc2ccccc2)c1)N1C[C@H]2CCCC[C@H]2C1. The summed E-state index contributed by atoms with van der Waals surface area (Å²) in [6.45, 7) is 2.58. The monoisotopic (exact) mass is 309 g/mol. The molecular formula is C19H23N3O. The Balaban J connectivity index is 1.43. The van der Waals surface area contributed by atoms with Gasteiger partial charge in [0.15, 0.2) is 0 Å². The predicted octanol–water partition coefficient (Wildman–Crippen LogP) is 3.19. The summed E-state index contributed by atoms with van der Waals surface area (Å²) in [6, 6.07) is 10.2. The number of carbonyl (C=O) groups excluding carboxylic acids is 1. The summed E-state index contributed by atoms with van der Waals surface area (Å²) in [5, 5.41) is 4.36. The smallest absolute Gasteiger partial charge is 0.257 e. The van der Waals surface area contributed by atoms with Crippen molar-refractivity contribution >= 4 is 5.91 Å². The summed E-state index contributed by atoms with van der Waals surface area (Å²) in [5.74, 6) is 1.61. The standard InChI is InChI=1S/C19H23N3O/c23-19(21-12-16-8-4-5-9-17(16)13-21)18-10-20-22(14-18)11-15-6-2-1-3-7-15/h1-3,6-7,10,14,16-17H,4-5,8-9,11-13H2/t16-,17+. The van der Waals surface area contributed by atoms with Crippen molar-refractivity contribution in [2.75, 3.05) is 13.1 Å². The minimum absolute atomic E-state index is 0.152. The van der Waals surface area contributed by atoms with Gasteiger partial charge in [0.05, 0.1) is 18.3 Å². The number of carbonyl (C=O) groups is 1. The summed E-state index contributed by atoms with van der Waals surface area (Å²) >= 11 is 0. The number of rotatable bonds is 3. The molecule has 4 heteroatoms. The van der Waals surface area contributed by atoms with Crippen molar-refractivity contribution in [2.24, 2.45) is 11.8 Å². The van der Waals surface area contributed by atoms with Crippen LogP contribution in [0, 0.1) is 11.8 Å². The summed E-state index contributed by atoms with van der Waals surface area (Å²) in [4.78, 5) is 14.8. The summed E-state index contributed by atoms with van der Waals surface area (Å²) in [5.41, 5.74) is 1.92.